The molecule has 1 N–H and O–H groups in total. The van der Waals surface area contributed by atoms with E-state index in [-0.39, 0.29) is 18.4 Å². The van der Waals surface area contributed by atoms with Crippen LogP contribution in [0, 0.1) is 0 Å². The molecule has 0 aliphatic carbocycles. The van der Waals surface area contributed by atoms with E-state index in [1.807, 2.05) is 37.3 Å². The number of rotatable bonds is 7. The van der Waals surface area contributed by atoms with E-state index in [0.29, 0.717) is 17.3 Å². The van der Waals surface area contributed by atoms with Crippen LogP contribution in [0.4, 0.5) is 5.69 Å². The molecule has 1 amide bonds. The van der Waals surface area contributed by atoms with E-state index in [9.17, 15) is 13.2 Å². The monoisotopic (exact) mass is 380 g/mol. The Morgan fingerprint density at radius 1 is 1.12 bits per heavy atom. The van der Waals surface area contributed by atoms with Crippen molar-refractivity contribution in [3.63, 3.8) is 0 Å². The van der Waals surface area contributed by atoms with Crippen molar-refractivity contribution in [1.82, 2.24) is 5.32 Å². The fourth-order valence-corrected chi connectivity index (χ4v) is 3.34. The molecule has 0 saturated carbocycles. The smallest absolute Gasteiger partial charge is 0.240 e. The van der Waals surface area contributed by atoms with Crippen LogP contribution < -0.4 is 9.62 Å². The second-order valence-electron chi connectivity index (χ2n) is 5.86. The van der Waals surface area contributed by atoms with Gasteiger partial charge in [0.1, 0.15) is 6.54 Å². The first-order chi connectivity index (χ1) is 11.8. The number of anilines is 1. The van der Waals surface area contributed by atoms with Gasteiger partial charge in [-0.15, -0.1) is 0 Å². The SMILES string of the molecule is C[C@@H](CNC(=O)CN(c1ccc(Cl)cc1)S(C)(=O)=O)c1ccccc1. The molecule has 0 saturated heterocycles. The van der Waals surface area contributed by atoms with Crippen molar-refractivity contribution in [2.24, 2.45) is 0 Å². The number of nitrogens with zero attached hydrogens (tertiary/aromatic N) is 1. The zero-order chi connectivity index (χ0) is 18.4. The first kappa shape index (κ1) is 19.3. The summed E-state index contributed by atoms with van der Waals surface area (Å²) >= 11 is 5.83. The molecular weight excluding hydrogens is 360 g/mol. The highest BCUT2D eigenvalue weighted by Gasteiger charge is 2.21. The Hall–Kier alpha value is -2.05. The van der Waals surface area contributed by atoms with Gasteiger partial charge >= 0.3 is 0 Å². The summed E-state index contributed by atoms with van der Waals surface area (Å²) < 4.78 is 25.1. The molecule has 0 aliphatic heterocycles. The highest BCUT2D eigenvalue weighted by atomic mass is 35.5. The molecule has 2 aromatic rings. The Labute approximate surface area is 153 Å². The molecule has 5 nitrogen and oxygen atoms in total. The van der Waals surface area contributed by atoms with Crippen LogP contribution in [0.15, 0.2) is 54.6 Å². The number of halogens is 1. The average Bonchev–Trinajstić information content (AvgIpc) is 2.58. The fourth-order valence-electron chi connectivity index (χ4n) is 2.36. The van der Waals surface area contributed by atoms with Crippen molar-refractivity contribution in [2.75, 3.05) is 23.7 Å². The van der Waals surface area contributed by atoms with Gasteiger partial charge in [0.2, 0.25) is 15.9 Å². The summed E-state index contributed by atoms with van der Waals surface area (Å²) in [5.41, 5.74) is 1.51. The Morgan fingerprint density at radius 3 is 2.28 bits per heavy atom. The summed E-state index contributed by atoms with van der Waals surface area (Å²) in [6, 6.07) is 16.1. The van der Waals surface area contributed by atoms with Crippen LogP contribution in [0.5, 0.6) is 0 Å². The van der Waals surface area contributed by atoms with E-state index in [1.54, 1.807) is 24.3 Å². The average molecular weight is 381 g/mol. The topological polar surface area (TPSA) is 66.5 Å². The Kier molecular flexibility index (Phi) is 6.45. The van der Waals surface area contributed by atoms with Crippen LogP contribution in [0.2, 0.25) is 5.02 Å². The maximum Gasteiger partial charge on any atom is 0.240 e. The van der Waals surface area contributed by atoms with Crippen LogP contribution in [0.25, 0.3) is 0 Å². The van der Waals surface area contributed by atoms with Gasteiger partial charge in [-0.1, -0.05) is 48.9 Å². The van der Waals surface area contributed by atoms with Crippen LogP contribution >= 0.6 is 11.6 Å². The van der Waals surface area contributed by atoms with Gasteiger partial charge in [0.15, 0.2) is 0 Å². The molecular formula is C18H21ClN2O3S. The molecule has 0 spiro atoms. The summed E-state index contributed by atoms with van der Waals surface area (Å²) in [5, 5.41) is 3.29. The van der Waals surface area contributed by atoms with E-state index in [4.69, 9.17) is 11.6 Å². The number of benzene rings is 2. The summed E-state index contributed by atoms with van der Waals surface area (Å²) in [5.74, 6) is -0.226. The number of hydrogen-bond donors (Lipinski definition) is 1. The summed E-state index contributed by atoms with van der Waals surface area (Å²) in [6.45, 7) is 2.16. The summed E-state index contributed by atoms with van der Waals surface area (Å²) in [7, 11) is -3.59. The predicted molar refractivity (Wildman–Crippen MR) is 102 cm³/mol. The number of nitrogens with one attached hydrogen (secondary N) is 1. The molecule has 2 rings (SSSR count). The lowest BCUT2D eigenvalue weighted by Crippen LogP contribution is -2.41. The molecule has 0 radical (unpaired) electrons. The van der Waals surface area contributed by atoms with Crippen molar-refractivity contribution < 1.29 is 13.2 Å². The maximum absolute atomic E-state index is 12.2. The number of carbonyl (C=O) groups is 1. The Bertz CT molecular complexity index is 808. The van der Waals surface area contributed by atoms with E-state index in [1.165, 1.54) is 0 Å². The summed E-state index contributed by atoms with van der Waals surface area (Å²) in [4.78, 5) is 12.2. The number of amides is 1. The largest absolute Gasteiger partial charge is 0.354 e. The van der Waals surface area contributed by atoms with Gasteiger partial charge in [0.05, 0.1) is 11.9 Å². The second kappa shape index (κ2) is 8.36. The minimum atomic E-state index is -3.59. The molecule has 7 heteroatoms. The zero-order valence-corrected chi connectivity index (χ0v) is 15.7. The van der Waals surface area contributed by atoms with Crippen molar-refractivity contribution >= 4 is 33.2 Å². The lowest BCUT2D eigenvalue weighted by molar-refractivity contribution is -0.119. The fraction of sp³-hybridized carbons (Fsp3) is 0.278. The lowest BCUT2D eigenvalue weighted by atomic mass is 10.0. The third kappa shape index (κ3) is 5.76. The molecule has 0 bridgehead atoms. The lowest BCUT2D eigenvalue weighted by Gasteiger charge is -2.22. The highest BCUT2D eigenvalue weighted by Crippen LogP contribution is 2.20. The van der Waals surface area contributed by atoms with Crippen LogP contribution in [0.1, 0.15) is 18.4 Å². The molecule has 25 heavy (non-hydrogen) atoms. The highest BCUT2D eigenvalue weighted by molar-refractivity contribution is 7.92. The standard InChI is InChI=1S/C18H21ClN2O3S/c1-14(15-6-4-3-5-7-15)12-20-18(22)13-21(25(2,23)24)17-10-8-16(19)9-11-17/h3-11,14H,12-13H2,1-2H3,(H,20,22)/t14-/m0/s1. The molecule has 2 aromatic carbocycles. The van der Waals surface area contributed by atoms with Gasteiger partial charge in [-0.05, 0) is 35.7 Å². The van der Waals surface area contributed by atoms with Crippen molar-refractivity contribution in [3.8, 4) is 0 Å². The molecule has 0 aliphatic rings. The molecule has 0 unspecified atom stereocenters. The minimum Gasteiger partial charge on any atom is -0.354 e. The van der Waals surface area contributed by atoms with Gasteiger partial charge in [-0.25, -0.2) is 8.42 Å². The van der Waals surface area contributed by atoms with Crippen LogP contribution in [-0.2, 0) is 14.8 Å². The number of sulfonamides is 1. The number of hydrogen-bond acceptors (Lipinski definition) is 3. The van der Waals surface area contributed by atoms with E-state index in [2.05, 4.69) is 5.32 Å². The van der Waals surface area contributed by atoms with Crippen molar-refractivity contribution in [1.29, 1.82) is 0 Å². The summed E-state index contributed by atoms with van der Waals surface area (Å²) in [6.07, 6.45) is 1.07. The van der Waals surface area contributed by atoms with E-state index in [0.717, 1.165) is 16.1 Å². The van der Waals surface area contributed by atoms with Gasteiger partial charge < -0.3 is 5.32 Å². The molecule has 1 atom stereocenters. The van der Waals surface area contributed by atoms with E-state index >= 15 is 0 Å². The normalized spacial score (nSPS) is 12.4. The Morgan fingerprint density at radius 2 is 1.72 bits per heavy atom. The first-order valence-electron chi connectivity index (χ1n) is 7.82. The Balaban J connectivity index is 2.01. The second-order valence-corrected chi connectivity index (χ2v) is 8.21. The third-order valence-corrected chi connectivity index (χ3v) is 5.17. The van der Waals surface area contributed by atoms with Gasteiger partial charge in [0, 0.05) is 11.6 Å². The van der Waals surface area contributed by atoms with Crippen molar-refractivity contribution in [3.05, 3.63) is 65.2 Å². The van der Waals surface area contributed by atoms with Gasteiger partial charge in [0.25, 0.3) is 0 Å². The first-order valence-corrected chi connectivity index (χ1v) is 10.0. The van der Waals surface area contributed by atoms with Gasteiger partial charge in [-0.2, -0.15) is 0 Å². The van der Waals surface area contributed by atoms with Gasteiger partial charge in [-0.3, -0.25) is 9.10 Å². The van der Waals surface area contributed by atoms with Crippen LogP contribution in [-0.4, -0.2) is 33.7 Å². The van der Waals surface area contributed by atoms with Crippen LogP contribution in [0.3, 0.4) is 0 Å². The molecule has 0 fully saturated rings. The predicted octanol–water partition coefficient (Wildman–Crippen LogP) is 3.03. The van der Waals surface area contributed by atoms with E-state index < -0.39 is 10.0 Å². The third-order valence-electron chi connectivity index (χ3n) is 3.78. The molecule has 134 valence electrons. The quantitative estimate of drug-likeness (QED) is 0.802. The minimum absolute atomic E-state index is 0.132. The van der Waals surface area contributed by atoms with Crippen molar-refractivity contribution in [2.45, 2.75) is 12.8 Å². The maximum atomic E-state index is 12.2. The number of carbonyl (C=O) groups excluding carboxylic acids is 1. The molecule has 0 aromatic heterocycles. The molecule has 0 heterocycles. The zero-order valence-electron chi connectivity index (χ0n) is 14.1.